The first-order chi connectivity index (χ1) is 14.6. The summed E-state index contributed by atoms with van der Waals surface area (Å²) in [7, 11) is 0. The van der Waals surface area contributed by atoms with Gasteiger partial charge in [-0.15, -0.1) is 0 Å². The number of hydrogen-bond acceptors (Lipinski definition) is 5. The molecule has 0 fully saturated rings. The highest BCUT2D eigenvalue weighted by atomic mass is 79.9. The number of amides is 2. The highest BCUT2D eigenvalue weighted by Gasteiger charge is 2.12. The summed E-state index contributed by atoms with van der Waals surface area (Å²) in [5, 5.41) is 2.34. The number of rotatable bonds is 6. The van der Waals surface area contributed by atoms with E-state index >= 15 is 0 Å². The van der Waals surface area contributed by atoms with Crippen LogP contribution < -0.4 is 25.6 Å². The number of hydrogen-bond donors (Lipinski definition) is 3. The Balaban J connectivity index is 1.75. The lowest BCUT2D eigenvalue weighted by atomic mass is 10.2. The Bertz CT molecular complexity index is 974. The lowest BCUT2D eigenvalue weighted by molar-refractivity contribution is -0.124. The largest absolute Gasteiger partial charge is 0.482 e. The first-order valence-electron chi connectivity index (χ1n) is 8.62. The van der Waals surface area contributed by atoms with E-state index in [9.17, 15) is 9.59 Å². The zero-order valence-electron chi connectivity index (χ0n) is 16.3. The van der Waals surface area contributed by atoms with Crippen molar-refractivity contribution in [1.82, 2.24) is 16.2 Å². The highest BCUT2D eigenvalue weighted by Crippen LogP contribution is 2.33. The van der Waals surface area contributed by atoms with Gasteiger partial charge in [-0.25, -0.2) is 0 Å². The van der Waals surface area contributed by atoms with Crippen molar-refractivity contribution < 1.29 is 19.1 Å². The SMILES string of the molecule is Cc1cc(Br)cc(Br)c1OCC(=O)NNC(=S)NC(=O)COc1c(C)cc(Br)cc1Br. The lowest BCUT2D eigenvalue weighted by Gasteiger charge is -2.14. The quantitative estimate of drug-likeness (QED) is 0.296. The van der Waals surface area contributed by atoms with Crippen molar-refractivity contribution >= 4 is 92.9 Å². The van der Waals surface area contributed by atoms with Crippen molar-refractivity contribution in [2.24, 2.45) is 0 Å². The van der Waals surface area contributed by atoms with Crippen LogP contribution in [-0.4, -0.2) is 30.1 Å². The smallest absolute Gasteiger partial charge is 0.276 e. The van der Waals surface area contributed by atoms with Crippen LogP contribution in [0.2, 0.25) is 0 Å². The Hall–Kier alpha value is -1.21. The molecule has 0 bridgehead atoms. The van der Waals surface area contributed by atoms with E-state index in [1.807, 2.05) is 38.1 Å². The average Bonchev–Trinajstić information content (AvgIpc) is 2.64. The van der Waals surface area contributed by atoms with E-state index in [4.69, 9.17) is 21.7 Å². The van der Waals surface area contributed by atoms with Gasteiger partial charge in [-0.2, -0.15) is 0 Å². The fraction of sp³-hybridized carbons (Fsp3) is 0.211. The molecule has 0 saturated heterocycles. The van der Waals surface area contributed by atoms with E-state index in [2.05, 4.69) is 79.9 Å². The molecule has 0 aliphatic carbocycles. The van der Waals surface area contributed by atoms with Gasteiger partial charge in [-0.1, -0.05) is 31.9 Å². The Morgan fingerprint density at radius 2 is 1.26 bits per heavy atom. The summed E-state index contributed by atoms with van der Waals surface area (Å²) in [5.41, 5.74) is 6.52. The zero-order valence-corrected chi connectivity index (χ0v) is 23.4. The van der Waals surface area contributed by atoms with Crippen molar-refractivity contribution in [3.8, 4) is 11.5 Å². The molecule has 0 unspecified atom stereocenters. The van der Waals surface area contributed by atoms with Gasteiger partial charge in [0.05, 0.1) is 8.95 Å². The van der Waals surface area contributed by atoms with Gasteiger partial charge in [0.1, 0.15) is 11.5 Å². The Labute approximate surface area is 218 Å². The Kier molecular flexibility index (Phi) is 10.2. The van der Waals surface area contributed by atoms with E-state index in [1.54, 1.807) is 0 Å². The van der Waals surface area contributed by atoms with Gasteiger partial charge >= 0.3 is 0 Å². The summed E-state index contributed by atoms with van der Waals surface area (Å²) in [6.45, 7) is 3.23. The number of nitrogens with one attached hydrogen (secondary N) is 3. The van der Waals surface area contributed by atoms with Crippen LogP contribution in [0.25, 0.3) is 0 Å². The maximum atomic E-state index is 12.0. The van der Waals surface area contributed by atoms with E-state index < -0.39 is 11.8 Å². The molecule has 2 aromatic carbocycles. The molecule has 0 heterocycles. The molecule has 12 heteroatoms. The van der Waals surface area contributed by atoms with E-state index in [0.717, 1.165) is 24.5 Å². The summed E-state index contributed by atoms with van der Waals surface area (Å²) >= 11 is 18.6. The third-order valence-electron chi connectivity index (χ3n) is 3.65. The minimum absolute atomic E-state index is 0.0745. The third kappa shape index (κ3) is 8.33. The molecule has 31 heavy (non-hydrogen) atoms. The molecule has 0 aromatic heterocycles. The number of benzene rings is 2. The summed E-state index contributed by atoms with van der Waals surface area (Å²) in [4.78, 5) is 24.0. The summed E-state index contributed by atoms with van der Waals surface area (Å²) in [5.74, 6) is 0.154. The number of ether oxygens (including phenoxy) is 2. The van der Waals surface area contributed by atoms with Crippen molar-refractivity contribution in [1.29, 1.82) is 0 Å². The predicted molar refractivity (Wildman–Crippen MR) is 136 cm³/mol. The van der Waals surface area contributed by atoms with Crippen LogP contribution in [0.3, 0.4) is 0 Å². The molecule has 0 atom stereocenters. The number of carbonyl (C=O) groups is 2. The first-order valence-corrected chi connectivity index (χ1v) is 12.2. The molecule has 0 radical (unpaired) electrons. The van der Waals surface area contributed by atoms with E-state index in [1.165, 1.54) is 0 Å². The van der Waals surface area contributed by atoms with Crippen LogP contribution in [0.1, 0.15) is 11.1 Å². The minimum atomic E-state index is -0.480. The minimum Gasteiger partial charge on any atom is -0.482 e. The Morgan fingerprint density at radius 3 is 1.71 bits per heavy atom. The van der Waals surface area contributed by atoms with Gasteiger partial charge in [-0.3, -0.25) is 25.8 Å². The zero-order chi connectivity index (χ0) is 23.1. The molecule has 2 amide bonds. The Morgan fingerprint density at radius 1 is 0.806 bits per heavy atom. The molecule has 7 nitrogen and oxygen atoms in total. The second-order valence-corrected chi connectivity index (χ2v) is 10.1. The van der Waals surface area contributed by atoms with Crippen molar-refractivity contribution in [2.45, 2.75) is 13.8 Å². The van der Waals surface area contributed by atoms with Gasteiger partial charge in [0.25, 0.3) is 11.8 Å². The van der Waals surface area contributed by atoms with Crippen molar-refractivity contribution in [3.63, 3.8) is 0 Å². The average molecular weight is 703 g/mol. The van der Waals surface area contributed by atoms with Gasteiger partial charge in [-0.05, 0) is 93.3 Å². The number of halogens is 4. The van der Waals surface area contributed by atoms with E-state index in [0.29, 0.717) is 16.0 Å². The van der Waals surface area contributed by atoms with Crippen molar-refractivity contribution in [2.75, 3.05) is 13.2 Å². The van der Waals surface area contributed by atoms with Crippen LogP contribution >= 0.6 is 75.9 Å². The molecule has 0 aliphatic rings. The normalized spacial score (nSPS) is 10.3. The summed E-state index contributed by atoms with van der Waals surface area (Å²) in [6, 6.07) is 7.38. The topological polar surface area (TPSA) is 88.7 Å². The van der Waals surface area contributed by atoms with Crippen molar-refractivity contribution in [3.05, 3.63) is 53.3 Å². The number of thiocarbonyl (C=S) groups is 1. The maximum absolute atomic E-state index is 12.0. The summed E-state index contributed by atoms with van der Waals surface area (Å²) in [6.07, 6.45) is 0. The van der Waals surface area contributed by atoms with Crippen LogP contribution in [0, 0.1) is 13.8 Å². The standard InChI is InChI=1S/C19H17Br4N3O4S/c1-9-3-11(20)5-13(22)17(9)29-7-15(27)24-19(31)26-25-16(28)8-30-18-10(2)4-12(21)6-14(18)23/h3-6H,7-8H2,1-2H3,(H,25,28)(H2,24,26,27,31). The molecule has 0 spiro atoms. The molecule has 2 rings (SSSR count). The summed E-state index contributed by atoms with van der Waals surface area (Å²) < 4.78 is 14.3. The van der Waals surface area contributed by atoms with E-state index in [-0.39, 0.29) is 18.3 Å². The maximum Gasteiger partial charge on any atom is 0.276 e. The van der Waals surface area contributed by atoms with Gasteiger partial charge in [0.2, 0.25) is 0 Å². The molecule has 166 valence electrons. The molecule has 0 aliphatic heterocycles. The van der Waals surface area contributed by atoms with Gasteiger partial charge in [0.15, 0.2) is 18.3 Å². The first kappa shape index (κ1) is 26.0. The monoisotopic (exact) mass is 699 g/mol. The lowest BCUT2D eigenvalue weighted by Crippen LogP contribution is -2.50. The molecule has 3 N–H and O–H groups in total. The molecular weight excluding hydrogens is 686 g/mol. The molecular formula is C19H17Br4N3O4S. The molecule has 2 aromatic rings. The third-order valence-corrected chi connectivity index (χ3v) is 5.95. The van der Waals surface area contributed by atoms with Crippen LogP contribution in [0.4, 0.5) is 0 Å². The molecule has 0 saturated carbocycles. The number of aryl methyl sites for hydroxylation is 2. The predicted octanol–water partition coefficient (Wildman–Crippen LogP) is 4.83. The fourth-order valence-corrected chi connectivity index (χ4v) is 5.65. The fourth-order valence-electron chi connectivity index (χ4n) is 2.38. The van der Waals surface area contributed by atoms with Crippen LogP contribution in [0.15, 0.2) is 42.2 Å². The van der Waals surface area contributed by atoms with Crippen LogP contribution in [-0.2, 0) is 9.59 Å². The number of carbonyl (C=O) groups excluding carboxylic acids is 2. The number of hydrazine groups is 1. The second-order valence-electron chi connectivity index (χ2n) is 6.20. The second kappa shape index (κ2) is 12.1. The van der Waals surface area contributed by atoms with Gasteiger partial charge in [0, 0.05) is 8.95 Å². The van der Waals surface area contributed by atoms with Gasteiger partial charge < -0.3 is 9.47 Å². The van der Waals surface area contributed by atoms with Crippen LogP contribution in [0.5, 0.6) is 11.5 Å². The highest BCUT2D eigenvalue weighted by molar-refractivity contribution is 9.11.